The van der Waals surface area contributed by atoms with E-state index in [4.69, 9.17) is 15.2 Å². The molecule has 19 heavy (non-hydrogen) atoms. The Morgan fingerprint density at radius 3 is 2.63 bits per heavy atom. The van der Waals surface area contributed by atoms with Crippen molar-refractivity contribution in [1.29, 1.82) is 0 Å². The van der Waals surface area contributed by atoms with E-state index in [1.54, 1.807) is 7.11 Å². The van der Waals surface area contributed by atoms with Crippen LogP contribution in [0.5, 0.6) is 11.5 Å². The summed E-state index contributed by atoms with van der Waals surface area (Å²) in [6, 6.07) is 6.20. The Hall–Kier alpha value is -1.48. The first-order valence-electron chi connectivity index (χ1n) is 6.75. The molecule has 0 bridgehead atoms. The van der Waals surface area contributed by atoms with E-state index in [-0.39, 0.29) is 6.04 Å². The Bertz CT molecular complexity index is 423. The molecule has 106 valence electrons. The number of allylic oxidation sites excluding steroid dienone is 1. The fourth-order valence-electron chi connectivity index (χ4n) is 1.71. The lowest BCUT2D eigenvalue weighted by molar-refractivity contribution is 0.325. The number of rotatable bonds is 7. The molecule has 2 N–H and O–H groups in total. The van der Waals surface area contributed by atoms with E-state index < -0.39 is 0 Å². The van der Waals surface area contributed by atoms with Gasteiger partial charge in [-0.15, -0.1) is 0 Å². The molecule has 0 aliphatic heterocycles. The van der Waals surface area contributed by atoms with Crippen LogP contribution in [0.25, 0.3) is 0 Å². The lowest BCUT2D eigenvalue weighted by atomic mass is 10.0. The van der Waals surface area contributed by atoms with Crippen molar-refractivity contribution in [3.63, 3.8) is 0 Å². The number of hydrogen-bond donors (Lipinski definition) is 1. The van der Waals surface area contributed by atoms with Gasteiger partial charge in [-0.3, -0.25) is 0 Å². The Morgan fingerprint density at radius 1 is 1.32 bits per heavy atom. The molecule has 0 aliphatic rings. The first kappa shape index (κ1) is 15.6. The number of hydrogen-bond acceptors (Lipinski definition) is 3. The summed E-state index contributed by atoms with van der Waals surface area (Å²) in [4.78, 5) is 0. The molecule has 0 aliphatic carbocycles. The predicted molar refractivity (Wildman–Crippen MR) is 79.9 cm³/mol. The molecule has 0 radical (unpaired) electrons. The molecular weight excluding hydrogens is 238 g/mol. The minimum atomic E-state index is 0.194. The van der Waals surface area contributed by atoms with Gasteiger partial charge in [0.05, 0.1) is 7.11 Å². The van der Waals surface area contributed by atoms with E-state index in [1.165, 1.54) is 11.1 Å². The molecular formula is C16H25NO2. The number of methoxy groups -OCH3 is 1. The third kappa shape index (κ3) is 5.35. The Morgan fingerprint density at radius 2 is 2.05 bits per heavy atom. The maximum atomic E-state index is 5.98. The van der Waals surface area contributed by atoms with Gasteiger partial charge in [0.1, 0.15) is 6.61 Å². The fraction of sp³-hybridized carbons (Fsp3) is 0.500. The van der Waals surface area contributed by atoms with Gasteiger partial charge in [0.2, 0.25) is 0 Å². The van der Waals surface area contributed by atoms with Gasteiger partial charge >= 0.3 is 0 Å². The monoisotopic (exact) mass is 263 g/mol. The molecule has 0 aromatic heterocycles. The zero-order valence-corrected chi connectivity index (χ0v) is 12.4. The van der Waals surface area contributed by atoms with Crippen molar-refractivity contribution in [1.82, 2.24) is 0 Å². The molecule has 1 rings (SSSR count). The highest BCUT2D eigenvalue weighted by atomic mass is 16.5. The van der Waals surface area contributed by atoms with Crippen molar-refractivity contribution >= 4 is 0 Å². The quantitative estimate of drug-likeness (QED) is 0.767. The Labute approximate surface area is 116 Å². The topological polar surface area (TPSA) is 44.5 Å². The van der Waals surface area contributed by atoms with Crippen LogP contribution >= 0.6 is 0 Å². The summed E-state index contributed by atoms with van der Waals surface area (Å²) in [6.07, 6.45) is 3.88. The van der Waals surface area contributed by atoms with Crippen molar-refractivity contribution in [3.05, 3.63) is 35.4 Å². The van der Waals surface area contributed by atoms with Crippen LogP contribution in [-0.4, -0.2) is 19.8 Å². The van der Waals surface area contributed by atoms with E-state index >= 15 is 0 Å². The molecule has 1 unspecified atom stereocenters. The summed E-state index contributed by atoms with van der Waals surface area (Å²) in [6.45, 7) is 6.76. The molecule has 0 amide bonds. The SMILES string of the molecule is CCC(N)Cc1ccc(OC)c(OCC=C(C)C)c1. The molecule has 1 aromatic carbocycles. The molecule has 0 fully saturated rings. The lowest BCUT2D eigenvalue weighted by Gasteiger charge is -2.13. The Kier molecular flexibility index (Phi) is 6.43. The number of benzene rings is 1. The summed E-state index contributed by atoms with van der Waals surface area (Å²) in [5.41, 5.74) is 8.41. The molecule has 1 atom stereocenters. The van der Waals surface area contributed by atoms with Crippen LogP contribution in [-0.2, 0) is 6.42 Å². The van der Waals surface area contributed by atoms with Crippen molar-refractivity contribution < 1.29 is 9.47 Å². The van der Waals surface area contributed by atoms with Crippen molar-refractivity contribution in [2.24, 2.45) is 5.73 Å². The maximum Gasteiger partial charge on any atom is 0.161 e. The highest BCUT2D eigenvalue weighted by Crippen LogP contribution is 2.28. The van der Waals surface area contributed by atoms with Gasteiger partial charge in [-0.05, 0) is 50.5 Å². The van der Waals surface area contributed by atoms with E-state index in [2.05, 4.69) is 20.8 Å². The largest absolute Gasteiger partial charge is 0.493 e. The van der Waals surface area contributed by atoms with Crippen LogP contribution in [0, 0.1) is 0 Å². The van der Waals surface area contributed by atoms with Gasteiger partial charge in [-0.2, -0.15) is 0 Å². The molecule has 0 saturated carbocycles. The summed E-state index contributed by atoms with van der Waals surface area (Å²) < 4.78 is 11.1. The third-order valence-electron chi connectivity index (χ3n) is 2.98. The first-order valence-corrected chi connectivity index (χ1v) is 6.75. The third-order valence-corrected chi connectivity index (χ3v) is 2.98. The average Bonchev–Trinajstić information content (AvgIpc) is 2.38. The standard InChI is InChI=1S/C16H25NO2/c1-5-14(17)10-13-6-7-15(18-4)16(11-13)19-9-8-12(2)3/h6-8,11,14H,5,9-10,17H2,1-4H3. The summed E-state index contributed by atoms with van der Waals surface area (Å²) in [7, 11) is 1.65. The summed E-state index contributed by atoms with van der Waals surface area (Å²) in [5.74, 6) is 1.54. The number of ether oxygens (including phenoxy) is 2. The normalized spacial score (nSPS) is 11.8. The smallest absolute Gasteiger partial charge is 0.161 e. The van der Waals surface area contributed by atoms with Gasteiger partial charge < -0.3 is 15.2 Å². The first-order chi connectivity index (χ1) is 9.06. The summed E-state index contributed by atoms with van der Waals surface area (Å²) >= 11 is 0. The molecule has 3 nitrogen and oxygen atoms in total. The van der Waals surface area contributed by atoms with Crippen molar-refractivity contribution in [2.75, 3.05) is 13.7 Å². The van der Waals surface area contributed by atoms with Gasteiger partial charge in [0.15, 0.2) is 11.5 Å². The lowest BCUT2D eigenvalue weighted by Crippen LogP contribution is -2.21. The fourth-order valence-corrected chi connectivity index (χ4v) is 1.71. The van der Waals surface area contributed by atoms with Gasteiger partial charge in [-0.25, -0.2) is 0 Å². The highest BCUT2D eigenvalue weighted by Gasteiger charge is 2.07. The van der Waals surface area contributed by atoms with Crippen LogP contribution < -0.4 is 15.2 Å². The zero-order valence-electron chi connectivity index (χ0n) is 12.4. The van der Waals surface area contributed by atoms with Crippen LogP contribution in [0.4, 0.5) is 0 Å². The molecule has 0 heterocycles. The van der Waals surface area contributed by atoms with Crippen LogP contribution in [0.1, 0.15) is 32.8 Å². The van der Waals surface area contributed by atoms with Gasteiger partial charge in [0.25, 0.3) is 0 Å². The van der Waals surface area contributed by atoms with E-state index in [9.17, 15) is 0 Å². The summed E-state index contributed by atoms with van der Waals surface area (Å²) in [5, 5.41) is 0. The van der Waals surface area contributed by atoms with E-state index in [0.29, 0.717) is 6.61 Å². The van der Waals surface area contributed by atoms with Gasteiger partial charge in [0, 0.05) is 6.04 Å². The average molecular weight is 263 g/mol. The Balaban J connectivity index is 2.80. The molecule has 1 aromatic rings. The minimum Gasteiger partial charge on any atom is -0.493 e. The van der Waals surface area contributed by atoms with Crippen LogP contribution in [0.3, 0.4) is 0 Å². The second-order valence-corrected chi connectivity index (χ2v) is 4.95. The maximum absolute atomic E-state index is 5.98. The van der Waals surface area contributed by atoms with E-state index in [0.717, 1.165) is 24.3 Å². The van der Waals surface area contributed by atoms with Crippen LogP contribution in [0.2, 0.25) is 0 Å². The second kappa shape index (κ2) is 7.85. The molecule has 3 heteroatoms. The molecule has 0 spiro atoms. The predicted octanol–water partition coefficient (Wildman–Crippen LogP) is 3.32. The highest BCUT2D eigenvalue weighted by molar-refractivity contribution is 5.43. The van der Waals surface area contributed by atoms with Crippen LogP contribution in [0.15, 0.2) is 29.8 Å². The van der Waals surface area contributed by atoms with Crippen molar-refractivity contribution in [2.45, 2.75) is 39.7 Å². The number of nitrogens with two attached hydrogens (primary N) is 1. The van der Waals surface area contributed by atoms with E-state index in [1.807, 2.05) is 24.3 Å². The second-order valence-electron chi connectivity index (χ2n) is 4.95. The zero-order chi connectivity index (χ0) is 14.3. The van der Waals surface area contributed by atoms with Gasteiger partial charge in [-0.1, -0.05) is 18.6 Å². The molecule has 0 saturated heterocycles. The van der Waals surface area contributed by atoms with Crippen molar-refractivity contribution in [3.8, 4) is 11.5 Å². The minimum absolute atomic E-state index is 0.194.